The van der Waals surface area contributed by atoms with Crippen molar-refractivity contribution in [2.24, 2.45) is 17.8 Å². The first-order chi connectivity index (χ1) is 15.6. The molecule has 0 spiro atoms. The summed E-state index contributed by atoms with van der Waals surface area (Å²) in [6.07, 6.45) is 3.87. The number of amides is 1. The molecule has 2 saturated carbocycles. The standard InChI is InChI=1S/C25H23ClN2O2S2/c26-17-10-8-14(9-11-17)20-21-15-6-7-16(12-15)22(21)31-24-23(20)32-25(30)28(24)13-19(29)27-18-4-2-1-3-5-18/h1-5,8-11,15-16,20-22H,6-7,12-13H2,(H,27,29)/t15-,16-,20+,21+,22-/m0/s1. The molecular weight excluding hydrogens is 460 g/mol. The van der Waals surface area contributed by atoms with E-state index in [2.05, 4.69) is 17.4 Å². The number of halogens is 1. The van der Waals surface area contributed by atoms with Crippen LogP contribution in [0.25, 0.3) is 0 Å². The van der Waals surface area contributed by atoms with Gasteiger partial charge < -0.3 is 5.32 Å². The minimum absolute atomic E-state index is 0.0444. The summed E-state index contributed by atoms with van der Waals surface area (Å²) in [4.78, 5) is 26.9. The van der Waals surface area contributed by atoms with Crippen molar-refractivity contribution in [3.63, 3.8) is 0 Å². The Morgan fingerprint density at radius 1 is 1.06 bits per heavy atom. The Kier molecular flexibility index (Phi) is 5.20. The summed E-state index contributed by atoms with van der Waals surface area (Å²) in [6, 6.07) is 17.5. The first-order valence-electron chi connectivity index (χ1n) is 11.1. The zero-order chi connectivity index (χ0) is 21.8. The molecule has 6 rings (SSSR count). The number of thiazole rings is 1. The van der Waals surface area contributed by atoms with Gasteiger partial charge in [0.15, 0.2) is 0 Å². The fourth-order valence-electron chi connectivity index (χ4n) is 6.00. The minimum atomic E-state index is -0.169. The lowest BCUT2D eigenvalue weighted by molar-refractivity contribution is -0.116. The van der Waals surface area contributed by atoms with Crippen molar-refractivity contribution in [1.29, 1.82) is 0 Å². The molecule has 32 heavy (non-hydrogen) atoms. The first kappa shape index (κ1) is 20.6. The number of benzene rings is 2. The van der Waals surface area contributed by atoms with Gasteiger partial charge in [-0.1, -0.05) is 53.3 Å². The van der Waals surface area contributed by atoms with E-state index in [9.17, 15) is 9.59 Å². The van der Waals surface area contributed by atoms with Crippen LogP contribution < -0.4 is 10.2 Å². The molecule has 2 fully saturated rings. The van der Waals surface area contributed by atoms with Crippen LogP contribution in [0.15, 0.2) is 64.4 Å². The number of hydrogen-bond acceptors (Lipinski definition) is 4. The van der Waals surface area contributed by atoms with E-state index in [-0.39, 0.29) is 23.2 Å². The Bertz CT molecular complexity index is 1220. The van der Waals surface area contributed by atoms with Crippen LogP contribution in [-0.2, 0) is 11.3 Å². The highest BCUT2D eigenvalue weighted by Crippen LogP contribution is 2.64. The van der Waals surface area contributed by atoms with E-state index in [1.165, 1.54) is 36.2 Å². The number of nitrogens with one attached hydrogen (secondary N) is 1. The molecular formula is C25H23ClN2O2S2. The lowest BCUT2D eigenvalue weighted by Crippen LogP contribution is -2.34. The predicted octanol–water partition coefficient (Wildman–Crippen LogP) is 5.85. The van der Waals surface area contributed by atoms with E-state index in [4.69, 9.17) is 11.6 Å². The molecule has 3 aromatic rings. The molecule has 2 aromatic carbocycles. The molecule has 1 aromatic heterocycles. The number of carbonyl (C=O) groups is 1. The van der Waals surface area contributed by atoms with Crippen LogP contribution >= 0.6 is 34.7 Å². The molecule has 0 saturated heterocycles. The maximum absolute atomic E-state index is 13.1. The monoisotopic (exact) mass is 482 g/mol. The zero-order valence-electron chi connectivity index (χ0n) is 17.4. The van der Waals surface area contributed by atoms with Crippen molar-refractivity contribution in [2.75, 3.05) is 5.32 Å². The van der Waals surface area contributed by atoms with Crippen molar-refractivity contribution in [1.82, 2.24) is 4.57 Å². The Morgan fingerprint density at radius 2 is 1.81 bits per heavy atom. The van der Waals surface area contributed by atoms with Crippen LogP contribution in [0.2, 0.25) is 5.02 Å². The average Bonchev–Trinajstić information content (AvgIpc) is 3.48. The van der Waals surface area contributed by atoms with Gasteiger partial charge in [-0.3, -0.25) is 14.2 Å². The van der Waals surface area contributed by atoms with Crippen LogP contribution in [0.4, 0.5) is 5.69 Å². The smallest absolute Gasteiger partial charge is 0.308 e. The third-order valence-corrected chi connectivity index (χ3v) is 10.4. The minimum Gasteiger partial charge on any atom is -0.325 e. The molecule has 2 bridgehead atoms. The quantitative estimate of drug-likeness (QED) is 0.507. The van der Waals surface area contributed by atoms with Gasteiger partial charge in [0.25, 0.3) is 0 Å². The number of para-hydroxylation sites is 1. The van der Waals surface area contributed by atoms with Crippen LogP contribution in [-0.4, -0.2) is 15.7 Å². The van der Waals surface area contributed by atoms with Crippen molar-refractivity contribution in [3.05, 3.63) is 79.7 Å². The molecule has 3 aliphatic rings. The van der Waals surface area contributed by atoms with Gasteiger partial charge in [0.1, 0.15) is 6.54 Å². The number of thioether (sulfide) groups is 1. The van der Waals surface area contributed by atoms with Crippen LogP contribution in [0.3, 0.4) is 0 Å². The lowest BCUT2D eigenvalue weighted by atomic mass is 9.75. The van der Waals surface area contributed by atoms with Gasteiger partial charge in [-0.15, -0.1) is 11.8 Å². The second-order valence-corrected chi connectivity index (χ2v) is 11.7. The number of rotatable bonds is 4. The number of anilines is 1. The maximum Gasteiger partial charge on any atom is 0.308 e. The van der Waals surface area contributed by atoms with Gasteiger partial charge in [0, 0.05) is 26.8 Å². The molecule has 1 aliphatic heterocycles. The fraction of sp³-hybridized carbons (Fsp3) is 0.360. The van der Waals surface area contributed by atoms with Crippen molar-refractivity contribution < 1.29 is 4.79 Å². The number of carbonyl (C=O) groups excluding carboxylic acids is 1. The Morgan fingerprint density at radius 3 is 2.59 bits per heavy atom. The van der Waals surface area contributed by atoms with Crippen LogP contribution in [0, 0.1) is 17.8 Å². The summed E-state index contributed by atoms with van der Waals surface area (Å²) < 4.78 is 1.70. The molecule has 1 amide bonds. The molecule has 0 unspecified atom stereocenters. The van der Waals surface area contributed by atoms with Gasteiger partial charge in [0.05, 0.1) is 5.03 Å². The molecule has 1 N–H and O–H groups in total. The SMILES string of the molecule is O=C(Cn1c2c(sc1=O)[C@H](c1ccc(Cl)cc1)[C@H]1[C@H]3CC[C@@H](C3)[C@@H]1S2)Nc1ccccc1. The highest BCUT2D eigenvalue weighted by atomic mass is 35.5. The van der Waals surface area contributed by atoms with Gasteiger partial charge >= 0.3 is 4.87 Å². The Labute approximate surface area is 200 Å². The highest BCUT2D eigenvalue weighted by Gasteiger charge is 2.55. The van der Waals surface area contributed by atoms with Crippen LogP contribution in [0.5, 0.6) is 0 Å². The highest BCUT2D eigenvalue weighted by molar-refractivity contribution is 8.00. The number of fused-ring (bicyclic) bond motifs is 6. The number of aromatic nitrogens is 1. The van der Waals surface area contributed by atoms with Crippen molar-refractivity contribution >= 4 is 46.3 Å². The summed E-state index contributed by atoms with van der Waals surface area (Å²) in [5.41, 5.74) is 1.98. The molecule has 2 aliphatic carbocycles. The van der Waals surface area contributed by atoms with Gasteiger partial charge in [-0.25, -0.2) is 0 Å². The summed E-state index contributed by atoms with van der Waals surface area (Å²) in [7, 11) is 0. The van der Waals surface area contributed by atoms with Gasteiger partial charge in [-0.05, 0) is 66.8 Å². The Hall–Kier alpha value is -2.02. The predicted molar refractivity (Wildman–Crippen MR) is 131 cm³/mol. The molecule has 2 heterocycles. The summed E-state index contributed by atoms with van der Waals surface area (Å²) in [5, 5.41) is 5.16. The fourth-order valence-corrected chi connectivity index (χ4v) is 9.27. The number of nitrogens with zero attached hydrogens (tertiary/aromatic N) is 1. The van der Waals surface area contributed by atoms with Gasteiger partial charge in [0.2, 0.25) is 5.91 Å². The van der Waals surface area contributed by atoms with E-state index in [1.807, 2.05) is 54.2 Å². The first-order valence-corrected chi connectivity index (χ1v) is 13.2. The van der Waals surface area contributed by atoms with Crippen molar-refractivity contribution in [3.8, 4) is 0 Å². The molecule has 7 heteroatoms. The van der Waals surface area contributed by atoms with Crippen molar-refractivity contribution in [2.45, 2.75) is 42.0 Å². The number of hydrogen-bond donors (Lipinski definition) is 1. The summed E-state index contributed by atoms with van der Waals surface area (Å²) >= 11 is 9.36. The lowest BCUT2D eigenvalue weighted by Gasteiger charge is -2.40. The summed E-state index contributed by atoms with van der Waals surface area (Å²) in [6.45, 7) is 0.0470. The normalized spacial score (nSPS) is 27.7. The van der Waals surface area contributed by atoms with E-state index in [0.717, 1.165) is 26.5 Å². The average molecular weight is 483 g/mol. The molecule has 4 nitrogen and oxygen atoms in total. The third kappa shape index (κ3) is 3.44. The van der Waals surface area contributed by atoms with Crippen LogP contribution in [0.1, 0.15) is 35.6 Å². The zero-order valence-corrected chi connectivity index (χ0v) is 19.8. The van der Waals surface area contributed by atoms with Gasteiger partial charge in [-0.2, -0.15) is 0 Å². The van der Waals surface area contributed by atoms with E-state index < -0.39 is 0 Å². The summed E-state index contributed by atoms with van der Waals surface area (Å²) in [5.74, 6) is 2.02. The largest absolute Gasteiger partial charge is 0.325 e. The van der Waals surface area contributed by atoms with E-state index in [1.54, 1.807) is 4.57 Å². The van der Waals surface area contributed by atoms with E-state index >= 15 is 0 Å². The topological polar surface area (TPSA) is 51.1 Å². The second-order valence-electron chi connectivity index (χ2n) is 9.06. The van der Waals surface area contributed by atoms with E-state index in [0.29, 0.717) is 17.1 Å². The molecule has 164 valence electrons. The molecule has 0 radical (unpaired) electrons. The second kappa shape index (κ2) is 8.08. The Balaban J connectivity index is 1.38. The molecule has 5 atom stereocenters. The third-order valence-electron chi connectivity index (χ3n) is 7.28. The maximum atomic E-state index is 13.1.